The Labute approximate surface area is 102 Å². The highest BCUT2D eigenvalue weighted by Gasteiger charge is 2.09. The van der Waals surface area contributed by atoms with Crippen LogP contribution in [-0.2, 0) is 0 Å². The maximum atomic E-state index is 4.48. The normalized spacial score (nSPS) is 10.9. The first-order chi connectivity index (χ1) is 8.28. The molecule has 0 bridgehead atoms. The van der Waals surface area contributed by atoms with Gasteiger partial charge in [-0.15, -0.1) is 10.2 Å². The number of rotatable bonds is 2. The van der Waals surface area contributed by atoms with Crippen LogP contribution in [0.3, 0.4) is 0 Å². The van der Waals surface area contributed by atoms with Crippen molar-refractivity contribution in [1.82, 2.24) is 19.8 Å². The zero-order chi connectivity index (χ0) is 11.8. The Hall–Kier alpha value is -2.01. The lowest BCUT2D eigenvalue weighted by molar-refractivity contribution is 0.898. The predicted molar refractivity (Wildman–Crippen MR) is 68.9 cm³/mol. The van der Waals surface area contributed by atoms with Crippen LogP contribution in [0.15, 0.2) is 30.8 Å². The molecule has 0 saturated carbocycles. The van der Waals surface area contributed by atoms with Crippen LogP contribution in [-0.4, -0.2) is 19.8 Å². The molecule has 0 saturated heterocycles. The highest BCUT2D eigenvalue weighted by Crippen LogP contribution is 2.25. The maximum absolute atomic E-state index is 4.48. The Balaban J connectivity index is 2.09. The van der Waals surface area contributed by atoms with E-state index in [1.165, 1.54) is 11.3 Å². The molecule has 0 aliphatic heterocycles. The van der Waals surface area contributed by atoms with Crippen molar-refractivity contribution >= 4 is 22.4 Å². The molecule has 17 heavy (non-hydrogen) atoms. The standard InChI is InChI=1S/C12H10N4S/c1-3-9-4-6-10(7-5-9)11-15-16-8(2)13-14-12(16)17-11/h3-7H,1H2,2H3. The molecule has 5 heteroatoms. The van der Waals surface area contributed by atoms with E-state index in [1.54, 1.807) is 4.52 Å². The van der Waals surface area contributed by atoms with Crippen molar-refractivity contribution in [2.24, 2.45) is 0 Å². The van der Waals surface area contributed by atoms with Crippen molar-refractivity contribution in [2.45, 2.75) is 6.92 Å². The van der Waals surface area contributed by atoms with Crippen molar-refractivity contribution < 1.29 is 0 Å². The fourth-order valence-electron chi connectivity index (χ4n) is 1.59. The molecule has 0 N–H and O–H groups in total. The summed E-state index contributed by atoms with van der Waals surface area (Å²) in [6.45, 7) is 5.63. The van der Waals surface area contributed by atoms with Crippen LogP contribution >= 0.6 is 11.3 Å². The van der Waals surface area contributed by atoms with Crippen molar-refractivity contribution in [3.63, 3.8) is 0 Å². The average Bonchev–Trinajstić information content (AvgIpc) is 2.92. The number of hydrogen-bond acceptors (Lipinski definition) is 4. The molecule has 84 valence electrons. The van der Waals surface area contributed by atoms with E-state index in [0.29, 0.717) is 0 Å². The second kappa shape index (κ2) is 3.78. The Bertz CT molecular complexity index is 678. The first kappa shape index (κ1) is 10.2. The molecule has 1 aromatic carbocycles. The molecular formula is C12H10N4S. The zero-order valence-electron chi connectivity index (χ0n) is 9.29. The van der Waals surface area contributed by atoms with E-state index in [0.717, 1.165) is 26.9 Å². The zero-order valence-corrected chi connectivity index (χ0v) is 10.1. The molecule has 0 aliphatic rings. The third-order valence-electron chi connectivity index (χ3n) is 2.54. The molecule has 0 fully saturated rings. The van der Waals surface area contributed by atoms with Gasteiger partial charge in [0.2, 0.25) is 4.96 Å². The molecule has 0 atom stereocenters. The third kappa shape index (κ3) is 1.64. The molecule has 2 aromatic heterocycles. The number of hydrogen-bond donors (Lipinski definition) is 0. The van der Waals surface area contributed by atoms with Gasteiger partial charge in [0, 0.05) is 5.56 Å². The third-order valence-corrected chi connectivity index (χ3v) is 3.49. The quantitative estimate of drug-likeness (QED) is 0.694. The first-order valence-corrected chi connectivity index (χ1v) is 6.01. The molecule has 0 radical (unpaired) electrons. The summed E-state index contributed by atoms with van der Waals surface area (Å²) in [6.07, 6.45) is 1.83. The molecule has 0 spiro atoms. The van der Waals surface area contributed by atoms with Gasteiger partial charge in [-0.2, -0.15) is 9.61 Å². The van der Waals surface area contributed by atoms with Crippen LogP contribution in [0.4, 0.5) is 0 Å². The molecule has 0 aliphatic carbocycles. The summed E-state index contributed by atoms with van der Waals surface area (Å²) in [5, 5.41) is 13.5. The van der Waals surface area contributed by atoms with Crippen molar-refractivity contribution in [2.75, 3.05) is 0 Å². The van der Waals surface area contributed by atoms with Gasteiger partial charge in [-0.1, -0.05) is 48.3 Å². The number of benzene rings is 1. The number of aromatic nitrogens is 4. The molecule has 0 unspecified atom stereocenters. The van der Waals surface area contributed by atoms with Gasteiger partial charge >= 0.3 is 0 Å². The Kier molecular flexibility index (Phi) is 2.26. The summed E-state index contributed by atoms with van der Waals surface area (Å²) in [5.41, 5.74) is 2.19. The van der Waals surface area contributed by atoms with E-state index in [2.05, 4.69) is 21.9 Å². The summed E-state index contributed by atoms with van der Waals surface area (Å²) >= 11 is 1.54. The predicted octanol–water partition coefficient (Wildman–Crippen LogP) is 2.80. The van der Waals surface area contributed by atoms with Crippen molar-refractivity contribution in [3.8, 4) is 10.6 Å². The fourth-order valence-corrected chi connectivity index (χ4v) is 2.48. The van der Waals surface area contributed by atoms with Crippen LogP contribution in [0.25, 0.3) is 21.6 Å². The van der Waals surface area contributed by atoms with Gasteiger partial charge in [-0.25, -0.2) is 0 Å². The minimum absolute atomic E-state index is 0.810. The number of fused-ring (bicyclic) bond motifs is 1. The summed E-state index contributed by atoms with van der Waals surface area (Å²) in [6, 6.07) is 8.13. The minimum Gasteiger partial charge on any atom is -0.187 e. The Morgan fingerprint density at radius 2 is 2.00 bits per heavy atom. The summed E-state index contributed by atoms with van der Waals surface area (Å²) in [5.74, 6) is 0.810. The largest absolute Gasteiger partial charge is 0.234 e. The minimum atomic E-state index is 0.810. The highest BCUT2D eigenvalue weighted by atomic mass is 32.1. The summed E-state index contributed by atoms with van der Waals surface area (Å²) < 4.78 is 1.77. The first-order valence-electron chi connectivity index (χ1n) is 5.19. The molecule has 3 aromatic rings. The SMILES string of the molecule is C=Cc1ccc(-c2nn3c(C)nnc3s2)cc1. The number of aryl methyl sites for hydroxylation is 1. The van der Waals surface area contributed by atoms with Gasteiger partial charge in [0.25, 0.3) is 0 Å². The lowest BCUT2D eigenvalue weighted by Crippen LogP contribution is -1.88. The molecular weight excluding hydrogens is 232 g/mol. The van der Waals surface area contributed by atoms with Gasteiger partial charge in [0.05, 0.1) is 0 Å². The van der Waals surface area contributed by atoms with Gasteiger partial charge in [0.1, 0.15) is 5.01 Å². The van der Waals surface area contributed by atoms with Crippen LogP contribution in [0.5, 0.6) is 0 Å². The molecule has 2 heterocycles. The van der Waals surface area contributed by atoms with E-state index >= 15 is 0 Å². The van der Waals surface area contributed by atoms with Gasteiger partial charge in [0.15, 0.2) is 5.82 Å². The fraction of sp³-hybridized carbons (Fsp3) is 0.0833. The van der Waals surface area contributed by atoms with Crippen LogP contribution in [0.2, 0.25) is 0 Å². The smallest absolute Gasteiger partial charge is 0.187 e. The monoisotopic (exact) mass is 242 g/mol. The van der Waals surface area contributed by atoms with E-state index in [4.69, 9.17) is 0 Å². The van der Waals surface area contributed by atoms with E-state index < -0.39 is 0 Å². The van der Waals surface area contributed by atoms with Crippen molar-refractivity contribution in [1.29, 1.82) is 0 Å². The van der Waals surface area contributed by atoms with Crippen LogP contribution in [0, 0.1) is 6.92 Å². The van der Waals surface area contributed by atoms with Crippen LogP contribution < -0.4 is 0 Å². The second-order valence-corrected chi connectivity index (χ2v) is 4.63. The lowest BCUT2D eigenvalue weighted by atomic mass is 10.1. The van der Waals surface area contributed by atoms with E-state index in [9.17, 15) is 0 Å². The lowest BCUT2D eigenvalue weighted by Gasteiger charge is -1.96. The number of nitrogens with zero attached hydrogens (tertiary/aromatic N) is 4. The molecule has 3 rings (SSSR count). The maximum Gasteiger partial charge on any atom is 0.234 e. The van der Waals surface area contributed by atoms with Crippen molar-refractivity contribution in [3.05, 3.63) is 42.2 Å². The average molecular weight is 242 g/mol. The topological polar surface area (TPSA) is 43.1 Å². The van der Waals surface area contributed by atoms with E-state index in [-0.39, 0.29) is 0 Å². The second-order valence-electron chi connectivity index (χ2n) is 3.67. The molecule has 4 nitrogen and oxygen atoms in total. The summed E-state index contributed by atoms with van der Waals surface area (Å²) in [7, 11) is 0. The van der Waals surface area contributed by atoms with Gasteiger partial charge in [-0.3, -0.25) is 0 Å². The van der Waals surface area contributed by atoms with E-state index in [1.807, 2.05) is 37.3 Å². The van der Waals surface area contributed by atoms with Crippen LogP contribution in [0.1, 0.15) is 11.4 Å². The summed E-state index contributed by atoms with van der Waals surface area (Å²) in [4.78, 5) is 0.824. The highest BCUT2D eigenvalue weighted by molar-refractivity contribution is 7.19. The van der Waals surface area contributed by atoms with Gasteiger partial charge in [-0.05, 0) is 12.5 Å². The Morgan fingerprint density at radius 3 is 2.65 bits per heavy atom. The van der Waals surface area contributed by atoms with Gasteiger partial charge < -0.3 is 0 Å². The molecule has 0 amide bonds. The Morgan fingerprint density at radius 1 is 1.24 bits per heavy atom.